The lowest BCUT2D eigenvalue weighted by atomic mass is 9.94. The van der Waals surface area contributed by atoms with Crippen LogP contribution in [0.15, 0.2) is 30.3 Å². The zero-order chi connectivity index (χ0) is 13.1. The zero-order valence-electron chi connectivity index (χ0n) is 9.82. The summed E-state index contributed by atoms with van der Waals surface area (Å²) in [7, 11) is 0. The fourth-order valence-electron chi connectivity index (χ4n) is 2.45. The monoisotopic (exact) mass is 249 g/mol. The summed E-state index contributed by atoms with van der Waals surface area (Å²) in [6.07, 6.45) is -0.00507. The van der Waals surface area contributed by atoms with Crippen LogP contribution in [0.1, 0.15) is 18.0 Å². The number of amides is 1. The molecule has 0 saturated carbocycles. The average Bonchev–Trinajstić information content (AvgIpc) is 2.69. The van der Waals surface area contributed by atoms with Crippen molar-refractivity contribution >= 4 is 11.9 Å². The first kappa shape index (κ1) is 12.6. The van der Waals surface area contributed by atoms with Gasteiger partial charge in [-0.1, -0.05) is 30.3 Å². The Morgan fingerprint density at radius 3 is 2.56 bits per heavy atom. The lowest BCUT2D eigenvalue weighted by Crippen LogP contribution is -2.32. The molecule has 5 nitrogen and oxygen atoms in total. The Bertz CT molecular complexity index is 446. The highest BCUT2D eigenvalue weighted by Crippen LogP contribution is 2.37. The first-order valence-corrected chi connectivity index (χ1v) is 5.83. The van der Waals surface area contributed by atoms with Crippen LogP contribution in [-0.2, 0) is 9.59 Å². The largest absolute Gasteiger partial charge is 0.481 e. The van der Waals surface area contributed by atoms with Gasteiger partial charge in [0.2, 0.25) is 5.91 Å². The minimum atomic E-state index is -0.974. The van der Waals surface area contributed by atoms with Crippen molar-refractivity contribution in [2.45, 2.75) is 12.5 Å². The molecule has 2 rings (SSSR count). The van der Waals surface area contributed by atoms with Gasteiger partial charge in [-0.2, -0.15) is 0 Å². The molecule has 0 bridgehead atoms. The number of nitrogens with zero attached hydrogens (tertiary/aromatic N) is 1. The van der Waals surface area contributed by atoms with Crippen LogP contribution in [0.4, 0.5) is 0 Å². The highest BCUT2D eigenvalue weighted by molar-refractivity contribution is 5.87. The van der Waals surface area contributed by atoms with Crippen LogP contribution < -0.4 is 0 Å². The molecular weight excluding hydrogens is 234 g/mol. The van der Waals surface area contributed by atoms with Crippen molar-refractivity contribution < 1.29 is 19.8 Å². The molecule has 1 saturated heterocycles. The van der Waals surface area contributed by atoms with Crippen LogP contribution in [0.5, 0.6) is 0 Å². The summed E-state index contributed by atoms with van der Waals surface area (Å²) in [5.41, 5.74) is 0.796. The van der Waals surface area contributed by atoms with E-state index in [0.717, 1.165) is 5.56 Å². The van der Waals surface area contributed by atoms with Gasteiger partial charge in [-0.25, -0.2) is 0 Å². The standard InChI is InChI=1S/C13H15NO4/c15-7-6-14-11(16)8-10(13(17)18)12(14)9-4-2-1-3-5-9/h1-5,10,12,15H,6-8H2,(H,17,18)/t10-,12+/m1/s1. The topological polar surface area (TPSA) is 77.8 Å². The van der Waals surface area contributed by atoms with E-state index in [9.17, 15) is 14.7 Å². The van der Waals surface area contributed by atoms with Gasteiger partial charge in [0.1, 0.15) is 0 Å². The lowest BCUT2D eigenvalue weighted by molar-refractivity contribution is -0.142. The van der Waals surface area contributed by atoms with E-state index in [0.29, 0.717) is 0 Å². The maximum atomic E-state index is 11.8. The predicted octanol–water partition coefficient (Wildman–Crippen LogP) is 0.653. The molecule has 0 spiro atoms. The maximum absolute atomic E-state index is 11.8. The number of aliphatic hydroxyl groups excluding tert-OH is 1. The van der Waals surface area contributed by atoms with Gasteiger partial charge in [0.05, 0.1) is 18.6 Å². The number of aliphatic hydroxyl groups is 1. The summed E-state index contributed by atoms with van der Waals surface area (Å²) in [6.45, 7) is 0.00356. The molecule has 0 unspecified atom stereocenters. The number of β-amino-alcohol motifs (C(OH)–C–C–N with tert-alkyl or cyclic N) is 1. The van der Waals surface area contributed by atoms with E-state index in [-0.39, 0.29) is 25.5 Å². The zero-order valence-corrected chi connectivity index (χ0v) is 9.82. The number of hydrogen-bond acceptors (Lipinski definition) is 3. The lowest BCUT2D eigenvalue weighted by Gasteiger charge is -2.26. The molecule has 1 fully saturated rings. The van der Waals surface area contributed by atoms with Crippen molar-refractivity contribution in [1.29, 1.82) is 0 Å². The molecule has 1 amide bonds. The first-order chi connectivity index (χ1) is 8.65. The van der Waals surface area contributed by atoms with E-state index in [2.05, 4.69) is 0 Å². The average molecular weight is 249 g/mol. The molecule has 1 heterocycles. The Hall–Kier alpha value is -1.88. The molecular formula is C13H15NO4. The second-order valence-corrected chi connectivity index (χ2v) is 4.32. The third-order valence-electron chi connectivity index (χ3n) is 3.23. The quantitative estimate of drug-likeness (QED) is 0.821. The van der Waals surface area contributed by atoms with Crippen molar-refractivity contribution in [3.05, 3.63) is 35.9 Å². The number of carbonyl (C=O) groups is 2. The van der Waals surface area contributed by atoms with Crippen LogP contribution >= 0.6 is 0 Å². The molecule has 5 heteroatoms. The molecule has 0 aliphatic carbocycles. The van der Waals surface area contributed by atoms with Gasteiger partial charge in [0.25, 0.3) is 0 Å². The number of aliphatic carboxylic acids is 1. The van der Waals surface area contributed by atoms with Crippen molar-refractivity contribution in [3.63, 3.8) is 0 Å². The van der Waals surface area contributed by atoms with Crippen LogP contribution in [0.3, 0.4) is 0 Å². The number of carboxylic acid groups (broad SMARTS) is 1. The summed E-state index contributed by atoms with van der Waals surface area (Å²) < 4.78 is 0. The molecule has 1 aromatic carbocycles. The van der Waals surface area contributed by atoms with E-state index in [4.69, 9.17) is 5.11 Å². The minimum Gasteiger partial charge on any atom is -0.481 e. The SMILES string of the molecule is O=C(O)[C@@H]1CC(=O)N(CCO)[C@H]1c1ccccc1. The molecule has 0 radical (unpaired) electrons. The normalized spacial score (nSPS) is 23.4. The third-order valence-corrected chi connectivity index (χ3v) is 3.23. The summed E-state index contributed by atoms with van der Waals surface area (Å²) >= 11 is 0. The third kappa shape index (κ3) is 2.22. The van der Waals surface area contributed by atoms with Crippen LogP contribution in [0.2, 0.25) is 0 Å². The summed E-state index contributed by atoms with van der Waals surface area (Å²) in [5.74, 6) is -1.94. The smallest absolute Gasteiger partial charge is 0.309 e. The summed E-state index contributed by atoms with van der Waals surface area (Å²) in [6, 6.07) is 8.60. The van der Waals surface area contributed by atoms with Gasteiger partial charge >= 0.3 is 5.97 Å². The number of likely N-dealkylation sites (tertiary alicyclic amines) is 1. The van der Waals surface area contributed by atoms with E-state index in [1.807, 2.05) is 30.3 Å². The van der Waals surface area contributed by atoms with Gasteiger partial charge in [-0.15, -0.1) is 0 Å². The molecule has 1 aromatic rings. The Labute approximate surface area is 105 Å². The number of carboxylic acids is 1. The Morgan fingerprint density at radius 1 is 1.33 bits per heavy atom. The van der Waals surface area contributed by atoms with Crippen LogP contribution in [0.25, 0.3) is 0 Å². The minimum absolute atomic E-state index is 0.00507. The molecule has 96 valence electrons. The van der Waals surface area contributed by atoms with Crippen molar-refractivity contribution in [2.24, 2.45) is 5.92 Å². The Kier molecular flexibility index (Phi) is 3.62. The van der Waals surface area contributed by atoms with Crippen LogP contribution in [-0.4, -0.2) is 40.1 Å². The fraction of sp³-hybridized carbons (Fsp3) is 0.385. The molecule has 1 aliphatic rings. The van der Waals surface area contributed by atoms with E-state index >= 15 is 0 Å². The molecule has 18 heavy (non-hydrogen) atoms. The molecule has 2 N–H and O–H groups in total. The van der Waals surface area contributed by atoms with Crippen molar-refractivity contribution in [3.8, 4) is 0 Å². The van der Waals surface area contributed by atoms with Gasteiger partial charge in [0, 0.05) is 13.0 Å². The number of rotatable bonds is 4. The maximum Gasteiger partial charge on any atom is 0.309 e. The molecule has 0 aromatic heterocycles. The predicted molar refractivity (Wildman–Crippen MR) is 63.7 cm³/mol. The number of benzene rings is 1. The van der Waals surface area contributed by atoms with E-state index in [1.165, 1.54) is 4.90 Å². The Morgan fingerprint density at radius 2 is 2.00 bits per heavy atom. The van der Waals surface area contributed by atoms with Crippen molar-refractivity contribution in [1.82, 2.24) is 4.90 Å². The molecule has 1 aliphatic heterocycles. The summed E-state index contributed by atoms with van der Waals surface area (Å²) in [4.78, 5) is 24.5. The van der Waals surface area contributed by atoms with E-state index < -0.39 is 17.9 Å². The fourth-order valence-corrected chi connectivity index (χ4v) is 2.45. The highest BCUT2D eigenvalue weighted by atomic mass is 16.4. The summed E-state index contributed by atoms with van der Waals surface area (Å²) in [5, 5.41) is 18.2. The second kappa shape index (κ2) is 5.18. The van der Waals surface area contributed by atoms with Gasteiger partial charge in [-0.3, -0.25) is 9.59 Å². The van der Waals surface area contributed by atoms with Crippen molar-refractivity contribution in [2.75, 3.05) is 13.2 Å². The second-order valence-electron chi connectivity index (χ2n) is 4.32. The van der Waals surface area contributed by atoms with Crippen LogP contribution in [0, 0.1) is 5.92 Å². The first-order valence-electron chi connectivity index (χ1n) is 5.83. The number of carbonyl (C=O) groups excluding carboxylic acids is 1. The van der Waals surface area contributed by atoms with Gasteiger partial charge < -0.3 is 15.1 Å². The van der Waals surface area contributed by atoms with Gasteiger partial charge in [-0.05, 0) is 5.56 Å². The Balaban J connectivity index is 2.36. The molecule has 2 atom stereocenters. The van der Waals surface area contributed by atoms with E-state index in [1.54, 1.807) is 0 Å². The highest BCUT2D eigenvalue weighted by Gasteiger charge is 2.44. The number of hydrogen-bond donors (Lipinski definition) is 2. The van der Waals surface area contributed by atoms with Gasteiger partial charge in [0.15, 0.2) is 0 Å².